The first kappa shape index (κ1) is 20.4. The molecule has 1 fully saturated rings. The van der Waals surface area contributed by atoms with Crippen LogP contribution in [0.1, 0.15) is 26.7 Å². The summed E-state index contributed by atoms with van der Waals surface area (Å²) in [7, 11) is -3.76. The van der Waals surface area contributed by atoms with Crippen LogP contribution in [-0.2, 0) is 14.6 Å². The fraction of sp³-hybridized carbons (Fsp3) is 0.533. The zero-order valence-electron chi connectivity index (χ0n) is 13.1. The van der Waals surface area contributed by atoms with Crippen LogP contribution in [0.3, 0.4) is 0 Å². The summed E-state index contributed by atoms with van der Waals surface area (Å²) in [6.45, 7) is 4.53. The van der Waals surface area contributed by atoms with Crippen molar-refractivity contribution in [2.75, 3.05) is 13.1 Å². The summed E-state index contributed by atoms with van der Waals surface area (Å²) in [5.41, 5.74) is 0. The third kappa shape index (κ3) is 4.47. The molecule has 1 aromatic rings. The monoisotopic (exact) mass is 424 g/mol. The Balaban J connectivity index is 0.00000264. The Morgan fingerprint density at radius 2 is 1.91 bits per heavy atom. The van der Waals surface area contributed by atoms with E-state index in [0.29, 0.717) is 6.54 Å². The van der Waals surface area contributed by atoms with Gasteiger partial charge in [0.05, 0.1) is 4.90 Å². The largest absolute Gasteiger partial charge is 0.351 e. The topological polar surface area (TPSA) is 75.3 Å². The van der Waals surface area contributed by atoms with Gasteiger partial charge in [0.25, 0.3) is 0 Å². The van der Waals surface area contributed by atoms with Gasteiger partial charge in [-0.3, -0.25) is 4.79 Å². The van der Waals surface area contributed by atoms with Crippen LogP contribution in [-0.4, -0.2) is 38.2 Å². The molecule has 1 atom stereocenters. The number of sulfone groups is 1. The lowest BCUT2D eigenvalue weighted by Crippen LogP contribution is -2.54. The van der Waals surface area contributed by atoms with E-state index in [1.165, 1.54) is 26.0 Å². The summed E-state index contributed by atoms with van der Waals surface area (Å²) in [5, 5.41) is 6.06. The summed E-state index contributed by atoms with van der Waals surface area (Å²) in [6.07, 6.45) is 1.85. The van der Waals surface area contributed by atoms with Crippen molar-refractivity contribution in [1.82, 2.24) is 10.6 Å². The fourth-order valence-corrected chi connectivity index (χ4v) is 4.02. The predicted octanol–water partition coefficient (Wildman–Crippen LogP) is 2.29. The Labute approximate surface area is 152 Å². The smallest absolute Gasteiger partial charge is 0.241 e. The molecule has 1 aliphatic heterocycles. The van der Waals surface area contributed by atoms with E-state index in [1.54, 1.807) is 12.1 Å². The quantitative estimate of drug-likeness (QED) is 0.776. The molecule has 2 N–H and O–H groups in total. The number of hydrogen-bond donors (Lipinski definition) is 2. The first-order chi connectivity index (χ1) is 10.2. The fourth-order valence-electron chi connectivity index (χ4n) is 2.36. The summed E-state index contributed by atoms with van der Waals surface area (Å²) >= 11 is 3.28. The molecule has 1 aromatic carbocycles. The number of rotatable bonds is 4. The Hall–Kier alpha value is -0.630. The molecule has 0 saturated carbocycles. The summed E-state index contributed by atoms with van der Waals surface area (Å²) < 4.78 is 24.8. The summed E-state index contributed by atoms with van der Waals surface area (Å²) in [5.74, 6) is -0.455. The van der Waals surface area contributed by atoms with E-state index < -0.39 is 20.5 Å². The highest BCUT2D eigenvalue weighted by atomic mass is 79.9. The van der Waals surface area contributed by atoms with Gasteiger partial charge in [-0.25, -0.2) is 8.42 Å². The zero-order chi connectivity index (χ0) is 16.4. The number of piperidine rings is 1. The van der Waals surface area contributed by atoms with Crippen molar-refractivity contribution < 1.29 is 13.2 Å². The Kier molecular flexibility index (Phi) is 7.07. The van der Waals surface area contributed by atoms with Gasteiger partial charge in [0.15, 0.2) is 9.84 Å². The lowest BCUT2D eigenvalue weighted by atomic mass is 10.1. The first-order valence-corrected chi connectivity index (χ1v) is 9.54. The van der Waals surface area contributed by atoms with Crippen LogP contribution >= 0.6 is 28.3 Å². The number of carbonyl (C=O) groups is 1. The third-order valence-corrected chi connectivity index (χ3v) is 6.93. The van der Waals surface area contributed by atoms with Crippen LogP contribution in [0.5, 0.6) is 0 Å². The second-order valence-electron chi connectivity index (χ2n) is 5.98. The molecule has 8 heteroatoms. The van der Waals surface area contributed by atoms with Crippen LogP contribution in [0.25, 0.3) is 0 Å². The van der Waals surface area contributed by atoms with Crippen LogP contribution in [0.15, 0.2) is 33.6 Å². The maximum atomic E-state index is 12.8. The molecule has 1 amide bonds. The number of hydrogen-bond acceptors (Lipinski definition) is 4. The van der Waals surface area contributed by atoms with E-state index in [4.69, 9.17) is 0 Å². The van der Waals surface area contributed by atoms with Gasteiger partial charge in [-0.2, -0.15) is 0 Å². The Bertz CT molecular complexity index is 641. The van der Waals surface area contributed by atoms with E-state index in [-0.39, 0.29) is 23.3 Å². The molecule has 0 bridgehead atoms. The zero-order valence-corrected chi connectivity index (χ0v) is 16.4. The van der Waals surface area contributed by atoms with Gasteiger partial charge in [0.1, 0.15) is 4.75 Å². The molecule has 0 aromatic heterocycles. The molecule has 0 spiro atoms. The van der Waals surface area contributed by atoms with Crippen LogP contribution < -0.4 is 10.6 Å². The van der Waals surface area contributed by atoms with Gasteiger partial charge >= 0.3 is 0 Å². The molecular weight excluding hydrogens is 404 g/mol. The van der Waals surface area contributed by atoms with Gasteiger partial charge in [0, 0.05) is 17.1 Å². The number of halogens is 2. The number of benzene rings is 1. The molecule has 130 valence electrons. The van der Waals surface area contributed by atoms with Crippen molar-refractivity contribution in [3.63, 3.8) is 0 Å². The highest BCUT2D eigenvalue weighted by molar-refractivity contribution is 9.10. The van der Waals surface area contributed by atoms with E-state index >= 15 is 0 Å². The van der Waals surface area contributed by atoms with Crippen molar-refractivity contribution >= 4 is 44.1 Å². The first-order valence-electron chi connectivity index (χ1n) is 7.27. The number of nitrogens with one attached hydrogen (secondary N) is 2. The van der Waals surface area contributed by atoms with Gasteiger partial charge in [-0.15, -0.1) is 12.4 Å². The second kappa shape index (κ2) is 7.96. The highest BCUT2D eigenvalue weighted by Gasteiger charge is 2.43. The maximum absolute atomic E-state index is 12.8. The maximum Gasteiger partial charge on any atom is 0.241 e. The van der Waals surface area contributed by atoms with Gasteiger partial charge in [-0.1, -0.05) is 15.9 Å². The van der Waals surface area contributed by atoms with E-state index in [0.717, 1.165) is 23.9 Å². The normalized spacial score (nSPS) is 18.8. The molecule has 0 radical (unpaired) electrons. The standard InChI is InChI=1S/C15H21BrN2O3S.ClH/c1-15(2,14(19)18-12-4-3-9-17-10-12)22(20,21)13-7-5-11(16)6-8-13;/h5-8,12,17H,3-4,9-10H2,1-2H3,(H,18,19);1H/t12-;/m0./s1. The van der Waals surface area contributed by atoms with E-state index in [9.17, 15) is 13.2 Å². The number of carbonyl (C=O) groups excluding carboxylic acids is 1. The van der Waals surface area contributed by atoms with E-state index in [1.807, 2.05) is 0 Å². The van der Waals surface area contributed by atoms with Gasteiger partial charge in [-0.05, 0) is 57.5 Å². The minimum absolute atomic E-state index is 0. The molecular formula is C15H22BrClN2O3S. The summed E-state index contributed by atoms with van der Waals surface area (Å²) in [6, 6.07) is 6.33. The highest BCUT2D eigenvalue weighted by Crippen LogP contribution is 2.27. The van der Waals surface area contributed by atoms with E-state index in [2.05, 4.69) is 26.6 Å². The molecule has 1 saturated heterocycles. The third-order valence-electron chi connectivity index (χ3n) is 3.97. The Morgan fingerprint density at radius 1 is 1.30 bits per heavy atom. The average Bonchev–Trinajstić information content (AvgIpc) is 2.48. The molecule has 2 rings (SSSR count). The predicted molar refractivity (Wildman–Crippen MR) is 96.7 cm³/mol. The van der Waals surface area contributed by atoms with Gasteiger partial charge in [0.2, 0.25) is 5.91 Å². The average molecular weight is 426 g/mol. The molecule has 0 aliphatic carbocycles. The Morgan fingerprint density at radius 3 is 2.43 bits per heavy atom. The minimum Gasteiger partial charge on any atom is -0.351 e. The summed E-state index contributed by atoms with van der Waals surface area (Å²) in [4.78, 5) is 12.6. The van der Waals surface area contributed by atoms with Crippen molar-refractivity contribution in [3.05, 3.63) is 28.7 Å². The lowest BCUT2D eigenvalue weighted by molar-refractivity contribution is -0.123. The van der Waals surface area contributed by atoms with Crippen molar-refractivity contribution in [2.45, 2.75) is 42.4 Å². The minimum atomic E-state index is -3.76. The molecule has 5 nitrogen and oxygen atoms in total. The molecule has 23 heavy (non-hydrogen) atoms. The lowest BCUT2D eigenvalue weighted by Gasteiger charge is -2.29. The van der Waals surface area contributed by atoms with Gasteiger partial charge < -0.3 is 10.6 Å². The van der Waals surface area contributed by atoms with Crippen LogP contribution in [0.2, 0.25) is 0 Å². The molecule has 1 aliphatic rings. The van der Waals surface area contributed by atoms with Crippen molar-refractivity contribution in [2.24, 2.45) is 0 Å². The molecule has 0 unspecified atom stereocenters. The van der Waals surface area contributed by atoms with Crippen LogP contribution in [0, 0.1) is 0 Å². The second-order valence-corrected chi connectivity index (χ2v) is 9.40. The SMILES string of the molecule is CC(C)(C(=O)N[C@H]1CCCNC1)S(=O)(=O)c1ccc(Br)cc1.Cl. The van der Waals surface area contributed by atoms with Crippen molar-refractivity contribution in [1.29, 1.82) is 0 Å². The molecule has 1 heterocycles. The number of amides is 1. The van der Waals surface area contributed by atoms with Crippen LogP contribution in [0.4, 0.5) is 0 Å². The van der Waals surface area contributed by atoms with Crippen molar-refractivity contribution in [3.8, 4) is 0 Å².